The van der Waals surface area contributed by atoms with Crippen LogP contribution in [0.15, 0.2) is 53.4 Å². The van der Waals surface area contributed by atoms with E-state index in [9.17, 15) is 18.4 Å². The third kappa shape index (κ3) is 5.31. The molecule has 1 heterocycles. The Hall–Kier alpha value is -2.62. The summed E-state index contributed by atoms with van der Waals surface area (Å²) in [7, 11) is -4.06. The van der Waals surface area contributed by atoms with Gasteiger partial charge in [-0.15, -0.1) is 0 Å². The third-order valence-corrected chi connectivity index (χ3v) is 8.45. The van der Waals surface area contributed by atoms with E-state index in [1.165, 1.54) is 12.1 Å². The molecule has 3 rings (SSSR count). The van der Waals surface area contributed by atoms with E-state index in [2.05, 4.69) is 4.90 Å². The summed E-state index contributed by atoms with van der Waals surface area (Å²) in [5.74, 6) is 0.880. The van der Waals surface area contributed by atoms with Crippen LogP contribution in [0.2, 0.25) is 0 Å². The van der Waals surface area contributed by atoms with Crippen LogP contribution >= 0.6 is 0 Å². The van der Waals surface area contributed by atoms with Gasteiger partial charge in [-0.25, -0.2) is 13.9 Å². The van der Waals surface area contributed by atoms with Gasteiger partial charge >= 0.3 is 0 Å². The van der Waals surface area contributed by atoms with Gasteiger partial charge in [0.25, 0.3) is 5.91 Å². The summed E-state index contributed by atoms with van der Waals surface area (Å²) in [5.41, 5.74) is 1.58. The zero-order chi connectivity index (χ0) is 24.2. The summed E-state index contributed by atoms with van der Waals surface area (Å²) in [6.07, 6.45) is 0.270. The van der Waals surface area contributed by atoms with E-state index < -0.39 is 20.5 Å². The zero-order valence-electron chi connectivity index (χ0n) is 19.4. The molecule has 0 saturated carbocycles. The van der Waals surface area contributed by atoms with Crippen LogP contribution in [0.25, 0.3) is 0 Å². The number of hydrogen-bond acceptors (Lipinski definition) is 7. The number of carbonyl (C=O) groups excluding carboxylic acids is 1. The minimum atomic E-state index is -4.06. The molecule has 0 atom stereocenters. The number of benzene rings is 2. The van der Waals surface area contributed by atoms with Crippen LogP contribution in [-0.2, 0) is 14.6 Å². The molecule has 9 heteroatoms. The number of sulfone groups is 1. The molecule has 8 nitrogen and oxygen atoms in total. The molecule has 2 aromatic carbocycles. The van der Waals surface area contributed by atoms with Crippen LogP contribution in [0, 0.1) is 0 Å². The lowest BCUT2D eigenvalue weighted by Crippen LogP contribution is -2.58. The Kier molecular flexibility index (Phi) is 7.66. The first-order chi connectivity index (χ1) is 15.6. The Morgan fingerprint density at radius 2 is 1.42 bits per heavy atom. The average Bonchev–Trinajstić information content (AvgIpc) is 2.79. The monoisotopic (exact) mass is 476 g/mol. The summed E-state index contributed by atoms with van der Waals surface area (Å²) < 4.78 is 36.8. The van der Waals surface area contributed by atoms with Crippen LogP contribution in [-0.4, -0.2) is 54.4 Å². The number of rotatable bonds is 8. The smallest absolute Gasteiger partial charge is 0.265 e. The number of ether oxygens (including phenoxy) is 2. The van der Waals surface area contributed by atoms with Gasteiger partial charge in [0.1, 0.15) is 17.2 Å². The van der Waals surface area contributed by atoms with Crippen LogP contribution in [0.5, 0.6) is 17.2 Å². The number of piperidine rings is 1. The van der Waals surface area contributed by atoms with Crippen molar-refractivity contribution in [2.24, 2.45) is 0 Å². The summed E-state index contributed by atoms with van der Waals surface area (Å²) in [6, 6.07) is 13.4. The minimum absolute atomic E-state index is 0.0112. The molecular weight excluding hydrogens is 444 g/mol. The van der Waals surface area contributed by atoms with Gasteiger partial charge in [-0.1, -0.05) is 0 Å². The highest BCUT2D eigenvalue weighted by atomic mass is 32.2. The highest BCUT2D eigenvalue weighted by molar-refractivity contribution is 7.93. The topological polar surface area (TPSA) is 105 Å². The largest absolute Gasteiger partial charge is 0.491 e. The SMILES string of the molecule is CC(C)Oc1ccc(Oc2ccc(S(=O)(=O)C3(C(=O)NO)CCN(C(C)C)CC3)cc2)cc1. The van der Waals surface area contributed by atoms with Crippen molar-refractivity contribution in [1.29, 1.82) is 0 Å². The lowest BCUT2D eigenvalue weighted by Gasteiger charge is -2.40. The highest BCUT2D eigenvalue weighted by Gasteiger charge is 2.53. The van der Waals surface area contributed by atoms with Crippen molar-refractivity contribution in [3.8, 4) is 17.2 Å². The van der Waals surface area contributed by atoms with Gasteiger partial charge in [0.15, 0.2) is 14.6 Å². The van der Waals surface area contributed by atoms with Crippen LogP contribution in [0.3, 0.4) is 0 Å². The lowest BCUT2D eigenvalue weighted by molar-refractivity contribution is -0.133. The molecule has 180 valence electrons. The van der Waals surface area contributed by atoms with Gasteiger partial charge in [-0.3, -0.25) is 10.0 Å². The van der Waals surface area contributed by atoms with Gasteiger partial charge in [0.2, 0.25) is 0 Å². The predicted octanol–water partition coefficient (Wildman–Crippen LogP) is 3.79. The molecule has 1 aliphatic heterocycles. The highest BCUT2D eigenvalue weighted by Crippen LogP contribution is 2.37. The Bertz CT molecular complexity index is 1040. The first-order valence-corrected chi connectivity index (χ1v) is 12.6. The van der Waals surface area contributed by atoms with Crippen LogP contribution in [0.1, 0.15) is 40.5 Å². The summed E-state index contributed by atoms with van der Waals surface area (Å²) in [5, 5.41) is 9.31. The van der Waals surface area contributed by atoms with E-state index >= 15 is 0 Å². The summed E-state index contributed by atoms with van der Waals surface area (Å²) in [4.78, 5) is 14.7. The van der Waals surface area contributed by atoms with E-state index in [0.717, 1.165) is 5.75 Å². The number of nitrogens with zero attached hydrogens (tertiary/aromatic N) is 1. The lowest BCUT2D eigenvalue weighted by atomic mass is 9.94. The molecule has 1 saturated heterocycles. The Balaban J connectivity index is 1.79. The molecule has 0 unspecified atom stereocenters. The third-order valence-electron chi connectivity index (χ3n) is 5.93. The number of hydroxylamine groups is 1. The number of hydrogen-bond donors (Lipinski definition) is 2. The maximum Gasteiger partial charge on any atom is 0.265 e. The Morgan fingerprint density at radius 1 is 0.939 bits per heavy atom. The van der Waals surface area contributed by atoms with Crippen LogP contribution < -0.4 is 15.0 Å². The molecule has 1 fully saturated rings. The molecule has 33 heavy (non-hydrogen) atoms. The van der Waals surface area contributed by atoms with Gasteiger partial charge in [-0.2, -0.15) is 0 Å². The maximum absolute atomic E-state index is 13.5. The van der Waals surface area contributed by atoms with E-state index in [1.807, 2.05) is 27.7 Å². The van der Waals surface area contributed by atoms with Crippen molar-refractivity contribution in [2.75, 3.05) is 13.1 Å². The zero-order valence-corrected chi connectivity index (χ0v) is 20.3. The molecule has 0 aliphatic carbocycles. The second-order valence-corrected chi connectivity index (χ2v) is 11.0. The van der Waals surface area contributed by atoms with Gasteiger partial charge in [-0.05, 0) is 89.1 Å². The molecular formula is C24H32N2O6S. The van der Waals surface area contributed by atoms with Crippen molar-refractivity contribution in [3.63, 3.8) is 0 Å². The number of nitrogens with one attached hydrogen (secondary N) is 1. The van der Waals surface area contributed by atoms with E-state index in [4.69, 9.17) is 9.47 Å². The number of carbonyl (C=O) groups is 1. The minimum Gasteiger partial charge on any atom is -0.491 e. The van der Waals surface area contributed by atoms with Gasteiger partial charge in [0, 0.05) is 19.1 Å². The molecule has 1 aliphatic rings. The average molecular weight is 477 g/mol. The van der Waals surface area contributed by atoms with Crippen molar-refractivity contribution in [2.45, 2.75) is 62.3 Å². The van der Waals surface area contributed by atoms with E-state index in [1.54, 1.807) is 41.9 Å². The van der Waals surface area contributed by atoms with Crippen molar-refractivity contribution < 1.29 is 27.9 Å². The van der Waals surface area contributed by atoms with Gasteiger partial charge < -0.3 is 14.4 Å². The molecule has 0 spiro atoms. The Labute approximate surface area is 195 Å². The van der Waals surface area contributed by atoms with E-state index in [0.29, 0.717) is 24.6 Å². The fraction of sp³-hybridized carbons (Fsp3) is 0.458. The molecule has 0 radical (unpaired) electrons. The summed E-state index contributed by atoms with van der Waals surface area (Å²) >= 11 is 0. The molecule has 0 aromatic heterocycles. The fourth-order valence-electron chi connectivity index (χ4n) is 4.03. The molecule has 0 bridgehead atoms. The van der Waals surface area contributed by atoms with E-state index in [-0.39, 0.29) is 29.9 Å². The van der Waals surface area contributed by atoms with Gasteiger partial charge in [0.05, 0.1) is 11.0 Å². The first kappa shape index (κ1) is 25.0. The van der Waals surface area contributed by atoms with Crippen molar-refractivity contribution in [1.82, 2.24) is 10.4 Å². The predicted molar refractivity (Wildman–Crippen MR) is 125 cm³/mol. The Morgan fingerprint density at radius 3 is 1.88 bits per heavy atom. The van der Waals surface area contributed by atoms with Crippen molar-refractivity contribution >= 4 is 15.7 Å². The molecule has 2 aromatic rings. The van der Waals surface area contributed by atoms with Crippen molar-refractivity contribution in [3.05, 3.63) is 48.5 Å². The quantitative estimate of drug-likeness (QED) is 0.441. The molecule has 1 amide bonds. The fourth-order valence-corrected chi connectivity index (χ4v) is 5.98. The second kappa shape index (κ2) is 10.1. The first-order valence-electron chi connectivity index (χ1n) is 11.1. The normalized spacial score (nSPS) is 16.6. The second-order valence-electron chi connectivity index (χ2n) is 8.78. The molecule has 2 N–H and O–H groups in total. The number of likely N-dealkylation sites (tertiary alicyclic amines) is 1. The summed E-state index contributed by atoms with van der Waals surface area (Å²) in [6.45, 7) is 8.84. The maximum atomic E-state index is 13.5. The van der Waals surface area contributed by atoms with Crippen LogP contribution in [0.4, 0.5) is 0 Å². The number of amides is 1. The standard InChI is InChI=1S/C24H32N2O6S/c1-17(2)26-15-13-24(14-16-26,23(27)25-28)33(29,30)22-11-9-21(10-12-22)32-20-7-5-19(6-8-20)31-18(3)4/h5-12,17-18,28H,13-16H2,1-4H3,(H,25,27).